The van der Waals surface area contributed by atoms with Gasteiger partial charge in [0.25, 0.3) is 0 Å². The van der Waals surface area contributed by atoms with E-state index in [1.165, 1.54) is 14.0 Å². The van der Waals surface area contributed by atoms with E-state index in [0.717, 1.165) is 0 Å². The highest BCUT2D eigenvalue weighted by Gasteiger charge is 2.09. The van der Waals surface area contributed by atoms with Gasteiger partial charge < -0.3 is 4.74 Å². The van der Waals surface area contributed by atoms with Gasteiger partial charge in [-0.15, -0.1) is 0 Å². The predicted molar refractivity (Wildman–Crippen MR) is 52.2 cm³/mol. The van der Waals surface area contributed by atoms with Crippen LogP contribution >= 0.6 is 0 Å². The van der Waals surface area contributed by atoms with Crippen molar-refractivity contribution in [1.82, 2.24) is 0 Å². The number of carbonyl (C=O) groups is 2. The van der Waals surface area contributed by atoms with Crippen LogP contribution in [-0.2, 0) is 16.0 Å². The third kappa shape index (κ3) is 2.42. The molecule has 0 aromatic heterocycles. The van der Waals surface area contributed by atoms with Gasteiger partial charge in [-0.1, -0.05) is 24.3 Å². The van der Waals surface area contributed by atoms with Crippen molar-refractivity contribution >= 4 is 11.8 Å². The number of esters is 1. The molecule has 0 amide bonds. The van der Waals surface area contributed by atoms with Crippen LogP contribution in [0.15, 0.2) is 24.3 Å². The predicted octanol–water partition coefficient (Wildman–Crippen LogP) is 1.60. The van der Waals surface area contributed by atoms with Crippen LogP contribution in [0.1, 0.15) is 22.8 Å². The Balaban J connectivity index is 2.95. The molecule has 0 radical (unpaired) electrons. The van der Waals surface area contributed by atoms with E-state index in [1.54, 1.807) is 24.3 Å². The Kier molecular flexibility index (Phi) is 3.40. The number of methoxy groups -OCH3 is 1. The molecule has 74 valence electrons. The summed E-state index contributed by atoms with van der Waals surface area (Å²) in [6.45, 7) is 1.48. The third-order valence-corrected chi connectivity index (χ3v) is 1.96. The maximum atomic E-state index is 11.2. The van der Waals surface area contributed by atoms with Crippen LogP contribution in [0.25, 0.3) is 0 Å². The lowest BCUT2D eigenvalue weighted by molar-refractivity contribution is -0.139. The molecule has 0 aliphatic heterocycles. The van der Waals surface area contributed by atoms with Crippen LogP contribution in [-0.4, -0.2) is 18.9 Å². The fraction of sp³-hybridized carbons (Fsp3) is 0.273. The Hall–Kier alpha value is -1.64. The molecule has 1 rings (SSSR count). The zero-order chi connectivity index (χ0) is 10.6. The molecule has 0 saturated carbocycles. The first kappa shape index (κ1) is 10.4. The summed E-state index contributed by atoms with van der Waals surface area (Å²) in [6.07, 6.45) is 0.145. The number of benzene rings is 1. The number of hydrogen-bond acceptors (Lipinski definition) is 3. The van der Waals surface area contributed by atoms with E-state index in [2.05, 4.69) is 4.74 Å². The second-order valence-electron chi connectivity index (χ2n) is 2.97. The Bertz CT molecular complexity index is 355. The molecule has 0 aliphatic rings. The standard InChI is InChI=1S/C11H12O3/c1-8(12)10-6-4-3-5-9(10)7-11(13)14-2/h3-6H,7H2,1-2H3. The number of Topliss-reactive ketones (excluding diaryl/α,β-unsaturated/α-hetero) is 1. The number of carbonyl (C=O) groups excluding carboxylic acids is 2. The molecule has 0 unspecified atom stereocenters. The zero-order valence-electron chi connectivity index (χ0n) is 8.24. The molecule has 0 aliphatic carbocycles. The van der Waals surface area contributed by atoms with Gasteiger partial charge in [0, 0.05) is 5.56 Å². The molecule has 0 heterocycles. The minimum absolute atomic E-state index is 0.0375. The molecular formula is C11H12O3. The minimum Gasteiger partial charge on any atom is -0.469 e. The number of ether oxygens (including phenoxy) is 1. The van der Waals surface area contributed by atoms with Crippen molar-refractivity contribution in [2.24, 2.45) is 0 Å². The normalized spacial score (nSPS) is 9.57. The van der Waals surface area contributed by atoms with E-state index >= 15 is 0 Å². The summed E-state index contributed by atoms with van der Waals surface area (Å²) in [4.78, 5) is 22.2. The van der Waals surface area contributed by atoms with Crippen LogP contribution in [0, 0.1) is 0 Å². The summed E-state index contributed by atoms with van der Waals surface area (Å²) >= 11 is 0. The topological polar surface area (TPSA) is 43.4 Å². The lowest BCUT2D eigenvalue weighted by Gasteiger charge is -2.04. The van der Waals surface area contributed by atoms with Gasteiger partial charge in [-0.05, 0) is 12.5 Å². The van der Waals surface area contributed by atoms with Crippen LogP contribution in [0.5, 0.6) is 0 Å². The van der Waals surface area contributed by atoms with E-state index in [-0.39, 0.29) is 18.2 Å². The summed E-state index contributed by atoms with van der Waals surface area (Å²) < 4.78 is 4.54. The largest absolute Gasteiger partial charge is 0.469 e. The average Bonchev–Trinajstić information content (AvgIpc) is 2.18. The van der Waals surface area contributed by atoms with Crippen LogP contribution in [0.3, 0.4) is 0 Å². The summed E-state index contributed by atoms with van der Waals surface area (Å²) in [6, 6.07) is 7.04. The van der Waals surface area contributed by atoms with Crippen LogP contribution < -0.4 is 0 Å². The van der Waals surface area contributed by atoms with Gasteiger partial charge in [-0.3, -0.25) is 9.59 Å². The molecule has 14 heavy (non-hydrogen) atoms. The quantitative estimate of drug-likeness (QED) is 0.539. The molecule has 0 N–H and O–H groups in total. The summed E-state index contributed by atoms with van der Waals surface area (Å²) in [7, 11) is 1.33. The Morgan fingerprint density at radius 2 is 1.93 bits per heavy atom. The van der Waals surface area contributed by atoms with Crippen molar-refractivity contribution in [1.29, 1.82) is 0 Å². The molecular weight excluding hydrogens is 180 g/mol. The highest BCUT2D eigenvalue weighted by Crippen LogP contribution is 2.10. The van der Waals surface area contributed by atoms with E-state index in [1.807, 2.05) is 0 Å². The smallest absolute Gasteiger partial charge is 0.310 e. The molecule has 1 aromatic rings. The zero-order valence-corrected chi connectivity index (χ0v) is 8.24. The van der Waals surface area contributed by atoms with E-state index in [0.29, 0.717) is 11.1 Å². The maximum absolute atomic E-state index is 11.2. The molecule has 0 spiro atoms. The molecule has 3 nitrogen and oxygen atoms in total. The maximum Gasteiger partial charge on any atom is 0.310 e. The first-order valence-corrected chi connectivity index (χ1v) is 4.31. The first-order chi connectivity index (χ1) is 6.65. The highest BCUT2D eigenvalue weighted by molar-refractivity contribution is 5.96. The van der Waals surface area contributed by atoms with E-state index in [4.69, 9.17) is 0 Å². The van der Waals surface area contributed by atoms with Crippen molar-refractivity contribution in [2.45, 2.75) is 13.3 Å². The molecule has 0 bridgehead atoms. The molecule has 0 saturated heterocycles. The Morgan fingerprint density at radius 1 is 1.29 bits per heavy atom. The summed E-state index contributed by atoms with van der Waals surface area (Å²) in [5, 5.41) is 0. The van der Waals surface area contributed by atoms with Crippen LogP contribution in [0.4, 0.5) is 0 Å². The van der Waals surface area contributed by atoms with Gasteiger partial charge in [-0.25, -0.2) is 0 Å². The molecule has 0 atom stereocenters. The van der Waals surface area contributed by atoms with E-state index in [9.17, 15) is 9.59 Å². The fourth-order valence-corrected chi connectivity index (χ4v) is 1.25. The van der Waals surface area contributed by atoms with Gasteiger partial charge in [0.1, 0.15) is 0 Å². The molecule has 0 fully saturated rings. The van der Waals surface area contributed by atoms with Crippen molar-refractivity contribution in [2.75, 3.05) is 7.11 Å². The van der Waals surface area contributed by atoms with Crippen molar-refractivity contribution in [3.63, 3.8) is 0 Å². The lowest BCUT2D eigenvalue weighted by atomic mass is 10.0. The minimum atomic E-state index is -0.335. The Morgan fingerprint density at radius 3 is 2.50 bits per heavy atom. The summed E-state index contributed by atoms with van der Waals surface area (Å²) in [5.41, 5.74) is 1.30. The monoisotopic (exact) mass is 192 g/mol. The average molecular weight is 192 g/mol. The second kappa shape index (κ2) is 4.56. The van der Waals surface area contributed by atoms with Gasteiger partial charge in [0.15, 0.2) is 5.78 Å². The number of rotatable bonds is 3. The fourth-order valence-electron chi connectivity index (χ4n) is 1.25. The SMILES string of the molecule is COC(=O)Cc1ccccc1C(C)=O. The van der Waals surface area contributed by atoms with E-state index < -0.39 is 0 Å². The lowest BCUT2D eigenvalue weighted by Crippen LogP contribution is -2.08. The Labute approximate surface area is 82.7 Å². The van der Waals surface area contributed by atoms with Gasteiger partial charge in [0.05, 0.1) is 13.5 Å². The summed E-state index contributed by atoms with van der Waals surface area (Å²) in [5.74, 6) is -0.372. The van der Waals surface area contributed by atoms with Gasteiger partial charge in [-0.2, -0.15) is 0 Å². The van der Waals surface area contributed by atoms with Gasteiger partial charge in [0.2, 0.25) is 0 Å². The van der Waals surface area contributed by atoms with Crippen molar-refractivity contribution < 1.29 is 14.3 Å². The van der Waals surface area contributed by atoms with Gasteiger partial charge >= 0.3 is 5.97 Å². The third-order valence-electron chi connectivity index (χ3n) is 1.96. The van der Waals surface area contributed by atoms with Crippen molar-refractivity contribution in [3.8, 4) is 0 Å². The highest BCUT2D eigenvalue weighted by atomic mass is 16.5. The van der Waals surface area contributed by atoms with Crippen molar-refractivity contribution in [3.05, 3.63) is 35.4 Å². The molecule has 1 aromatic carbocycles. The first-order valence-electron chi connectivity index (χ1n) is 4.31. The number of ketones is 1. The molecule has 3 heteroatoms. The van der Waals surface area contributed by atoms with Crippen LogP contribution in [0.2, 0.25) is 0 Å². The number of hydrogen-bond donors (Lipinski definition) is 0. The second-order valence-corrected chi connectivity index (χ2v) is 2.97.